The fraction of sp³-hybridized carbons (Fsp3) is 0.370. The standard InChI is InChI=1S/C27H31F2N3O2/c1-3-4-10-22(33)17-32(16-19-11-12-19)18-23-26(20-8-6-5-7-9-20)30-31(2)27(23)34-25-14-13-21(28)15-24(25)29/h3,5-9,13-15,19,22,33H,1,4,10-12,16-18H2,2H3. The van der Waals surface area contributed by atoms with E-state index in [-0.39, 0.29) is 5.75 Å². The van der Waals surface area contributed by atoms with Crippen molar-refractivity contribution in [3.63, 3.8) is 0 Å². The highest BCUT2D eigenvalue weighted by atomic mass is 19.1. The molecule has 7 heteroatoms. The normalized spacial score (nSPS) is 14.4. The number of benzene rings is 2. The molecule has 1 aromatic heterocycles. The lowest BCUT2D eigenvalue weighted by atomic mass is 10.1. The van der Waals surface area contributed by atoms with Crippen molar-refractivity contribution in [2.24, 2.45) is 13.0 Å². The monoisotopic (exact) mass is 467 g/mol. The molecule has 5 nitrogen and oxygen atoms in total. The van der Waals surface area contributed by atoms with Gasteiger partial charge in [-0.05, 0) is 43.7 Å². The van der Waals surface area contributed by atoms with Gasteiger partial charge in [-0.1, -0.05) is 36.4 Å². The van der Waals surface area contributed by atoms with Crippen molar-refractivity contribution < 1.29 is 18.6 Å². The molecule has 0 radical (unpaired) electrons. The van der Waals surface area contributed by atoms with E-state index in [1.54, 1.807) is 11.7 Å². The second-order valence-electron chi connectivity index (χ2n) is 8.96. The Kier molecular flexibility index (Phi) is 7.75. The average Bonchev–Trinajstić information content (AvgIpc) is 3.58. The first-order valence-corrected chi connectivity index (χ1v) is 11.7. The summed E-state index contributed by atoms with van der Waals surface area (Å²) in [7, 11) is 1.75. The summed E-state index contributed by atoms with van der Waals surface area (Å²) in [5.74, 6) is -0.495. The van der Waals surface area contributed by atoms with Gasteiger partial charge in [-0.25, -0.2) is 13.5 Å². The van der Waals surface area contributed by atoms with E-state index in [4.69, 9.17) is 9.84 Å². The molecule has 2 aromatic carbocycles. The number of aromatic nitrogens is 2. The van der Waals surface area contributed by atoms with Gasteiger partial charge in [0.1, 0.15) is 11.5 Å². The number of aliphatic hydroxyl groups excluding tert-OH is 1. The molecular weight excluding hydrogens is 436 g/mol. The largest absolute Gasteiger partial charge is 0.436 e. The van der Waals surface area contributed by atoms with Crippen molar-refractivity contribution in [2.45, 2.75) is 38.3 Å². The minimum Gasteiger partial charge on any atom is -0.436 e. The molecule has 0 spiro atoms. The Morgan fingerprint density at radius 1 is 1.24 bits per heavy atom. The van der Waals surface area contributed by atoms with E-state index in [0.29, 0.717) is 31.3 Å². The second-order valence-corrected chi connectivity index (χ2v) is 8.96. The molecule has 3 aromatic rings. The predicted molar refractivity (Wildman–Crippen MR) is 129 cm³/mol. The van der Waals surface area contributed by atoms with Gasteiger partial charge in [-0.2, -0.15) is 5.10 Å². The zero-order valence-corrected chi connectivity index (χ0v) is 19.5. The van der Waals surface area contributed by atoms with Crippen LogP contribution < -0.4 is 4.74 Å². The highest BCUT2D eigenvalue weighted by Gasteiger charge is 2.28. The fourth-order valence-electron chi connectivity index (χ4n) is 4.11. The van der Waals surface area contributed by atoms with Crippen molar-refractivity contribution in [3.8, 4) is 22.9 Å². The van der Waals surface area contributed by atoms with Crippen molar-refractivity contribution in [3.05, 3.63) is 78.4 Å². The third kappa shape index (κ3) is 6.10. The molecular formula is C27H31F2N3O2. The van der Waals surface area contributed by atoms with Crippen LogP contribution in [0.4, 0.5) is 8.78 Å². The molecule has 1 fully saturated rings. The first-order valence-electron chi connectivity index (χ1n) is 11.7. The molecule has 0 bridgehead atoms. The smallest absolute Gasteiger partial charge is 0.222 e. The van der Waals surface area contributed by atoms with E-state index in [2.05, 4.69) is 11.5 Å². The van der Waals surface area contributed by atoms with Crippen molar-refractivity contribution in [2.75, 3.05) is 13.1 Å². The van der Waals surface area contributed by atoms with Crippen molar-refractivity contribution in [1.29, 1.82) is 0 Å². The lowest BCUT2D eigenvalue weighted by Gasteiger charge is -2.25. The highest BCUT2D eigenvalue weighted by molar-refractivity contribution is 5.65. The van der Waals surface area contributed by atoms with Crippen molar-refractivity contribution in [1.82, 2.24) is 14.7 Å². The van der Waals surface area contributed by atoms with Gasteiger partial charge >= 0.3 is 0 Å². The van der Waals surface area contributed by atoms with Gasteiger partial charge in [-0.15, -0.1) is 6.58 Å². The summed E-state index contributed by atoms with van der Waals surface area (Å²) in [6, 6.07) is 13.0. The molecule has 1 saturated carbocycles. The van der Waals surface area contributed by atoms with Crippen LogP contribution in [0.3, 0.4) is 0 Å². The zero-order chi connectivity index (χ0) is 24.1. The topological polar surface area (TPSA) is 50.5 Å². The number of hydrogen-bond acceptors (Lipinski definition) is 4. The summed E-state index contributed by atoms with van der Waals surface area (Å²) in [6.45, 7) is 5.60. The van der Waals surface area contributed by atoms with Crippen LogP contribution in [0.15, 0.2) is 61.2 Å². The third-order valence-corrected chi connectivity index (χ3v) is 6.00. The molecule has 180 valence electrons. The molecule has 34 heavy (non-hydrogen) atoms. The lowest BCUT2D eigenvalue weighted by Crippen LogP contribution is -2.33. The molecule has 4 rings (SSSR count). The first kappa shape index (κ1) is 24.1. The number of nitrogens with zero attached hydrogens (tertiary/aromatic N) is 3. The van der Waals surface area contributed by atoms with Gasteiger partial charge < -0.3 is 9.84 Å². The lowest BCUT2D eigenvalue weighted by molar-refractivity contribution is 0.0992. The number of ether oxygens (including phenoxy) is 1. The number of halogens is 2. The summed E-state index contributed by atoms with van der Waals surface area (Å²) in [6.07, 6.45) is 5.09. The Balaban J connectivity index is 1.69. The first-order chi connectivity index (χ1) is 16.4. The highest BCUT2D eigenvalue weighted by Crippen LogP contribution is 2.36. The molecule has 0 aliphatic heterocycles. The minimum atomic E-state index is -0.775. The maximum Gasteiger partial charge on any atom is 0.222 e. The van der Waals surface area contributed by atoms with E-state index >= 15 is 0 Å². The van der Waals surface area contributed by atoms with E-state index in [9.17, 15) is 13.9 Å². The third-order valence-electron chi connectivity index (χ3n) is 6.00. The van der Waals surface area contributed by atoms with E-state index < -0.39 is 17.7 Å². The summed E-state index contributed by atoms with van der Waals surface area (Å²) in [4.78, 5) is 2.22. The number of aliphatic hydroxyl groups is 1. The summed E-state index contributed by atoms with van der Waals surface area (Å²) >= 11 is 0. The van der Waals surface area contributed by atoms with E-state index in [0.717, 1.165) is 35.9 Å². The van der Waals surface area contributed by atoms with E-state index in [1.165, 1.54) is 25.0 Å². The Morgan fingerprint density at radius 3 is 2.68 bits per heavy atom. The van der Waals surface area contributed by atoms with Crippen molar-refractivity contribution >= 4 is 0 Å². The average molecular weight is 468 g/mol. The van der Waals surface area contributed by atoms with Crippen LogP contribution in [0.1, 0.15) is 31.2 Å². The van der Waals surface area contributed by atoms with Gasteiger partial charge in [-0.3, -0.25) is 4.90 Å². The summed E-state index contributed by atoms with van der Waals surface area (Å²) < 4.78 is 35.4. The SMILES string of the molecule is C=CCCC(O)CN(Cc1c(-c2ccccc2)nn(C)c1Oc1ccc(F)cc1F)CC1CC1. The Hall–Kier alpha value is -3.03. The molecule has 1 aliphatic rings. The van der Waals surface area contributed by atoms with E-state index in [1.807, 2.05) is 36.4 Å². The molecule has 1 N–H and O–H groups in total. The number of hydrogen-bond donors (Lipinski definition) is 1. The number of allylic oxidation sites excluding steroid dienone is 1. The zero-order valence-electron chi connectivity index (χ0n) is 19.5. The fourth-order valence-corrected chi connectivity index (χ4v) is 4.11. The van der Waals surface area contributed by atoms with Crippen LogP contribution >= 0.6 is 0 Å². The molecule has 0 amide bonds. The molecule has 1 unspecified atom stereocenters. The van der Waals surface area contributed by atoms with Crippen LogP contribution in [-0.4, -0.2) is 39.0 Å². The maximum absolute atomic E-state index is 14.4. The van der Waals surface area contributed by atoms with Crippen LogP contribution in [0, 0.1) is 17.6 Å². The van der Waals surface area contributed by atoms with Gasteiger partial charge in [0.2, 0.25) is 5.88 Å². The summed E-state index contributed by atoms with van der Waals surface area (Å²) in [5, 5.41) is 15.3. The van der Waals surface area contributed by atoms with Gasteiger partial charge in [0.15, 0.2) is 11.6 Å². The molecule has 0 saturated heterocycles. The van der Waals surface area contributed by atoms with Crippen LogP contribution in [0.25, 0.3) is 11.3 Å². The van der Waals surface area contributed by atoms with Crippen LogP contribution in [-0.2, 0) is 13.6 Å². The molecule has 1 aliphatic carbocycles. The number of rotatable bonds is 12. The van der Waals surface area contributed by atoms with Crippen LogP contribution in [0.2, 0.25) is 0 Å². The van der Waals surface area contributed by atoms with Gasteiger partial charge in [0, 0.05) is 38.3 Å². The summed E-state index contributed by atoms with van der Waals surface area (Å²) in [5.41, 5.74) is 2.46. The quantitative estimate of drug-likeness (QED) is 0.347. The van der Waals surface area contributed by atoms with Gasteiger partial charge in [0.25, 0.3) is 0 Å². The molecule has 1 atom stereocenters. The minimum absolute atomic E-state index is 0.0648. The Labute approximate surface area is 199 Å². The van der Waals surface area contributed by atoms with Gasteiger partial charge in [0.05, 0.1) is 11.7 Å². The Morgan fingerprint density at radius 2 is 2.00 bits per heavy atom. The Bertz CT molecular complexity index is 1110. The van der Waals surface area contributed by atoms with Crippen LogP contribution in [0.5, 0.6) is 11.6 Å². The molecule has 1 heterocycles. The number of aryl methyl sites for hydroxylation is 1. The second kappa shape index (κ2) is 10.9. The maximum atomic E-state index is 14.4. The predicted octanol–water partition coefficient (Wildman–Crippen LogP) is 5.70.